The van der Waals surface area contributed by atoms with Crippen LogP contribution in [0.3, 0.4) is 0 Å². The zero-order valence-electron chi connectivity index (χ0n) is 15.7. The highest BCUT2D eigenvalue weighted by Gasteiger charge is 2.20. The number of nitrogens with two attached hydrogens (primary N) is 1. The molecule has 0 aliphatic carbocycles. The van der Waals surface area contributed by atoms with E-state index in [4.69, 9.17) is 10.7 Å². The van der Waals surface area contributed by atoms with Gasteiger partial charge in [0, 0.05) is 25.3 Å². The number of alkyl carbamates (subject to hydrolysis) is 1. The van der Waals surface area contributed by atoms with Crippen LogP contribution < -0.4 is 16.0 Å². The first-order valence-electron chi connectivity index (χ1n) is 9.34. The molecule has 26 heavy (non-hydrogen) atoms. The lowest BCUT2D eigenvalue weighted by Gasteiger charge is -2.33. The number of ether oxygens (including phenoxy) is 1. The summed E-state index contributed by atoms with van der Waals surface area (Å²) in [6.45, 7) is 6.54. The van der Waals surface area contributed by atoms with Crippen LogP contribution >= 0.6 is 0 Å². The number of carbonyl (C=O) groups excluding carboxylic acids is 2. The molecule has 2 rings (SSSR count). The molecule has 0 unspecified atom stereocenters. The second-order valence-electron chi connectivity index (χ2n) is 7.27. The number of pyridine rings is 1. The van der Waals surface area contributed by atoms with Gasteiger partial charge in [-0.25, -0.2) is 9.78 Å². The van der Waals surface area contributed by atoms with E-state index in [2.05, 4.69) is 47.0 Å². The monoisotopic (exact) mass is 362 g/mol. The number of aromatic nitrogens is 1. The van der Waals surface area contributed by atoms with Gasteiger partial charge in [-0.2, -0.15) is 0 Å². The molecule has 0 bridgehead atoms. The molecule has 0 aromatic carbocycles. The predicted molar refractivity (Wildman–Crippen MR) is 101 cm³/mol. The van der Waals surface area contributed by atoms with Crippen LogP contribution in [0.25, 0.3) is 0 Å². The second kappa shape index (κ2) is 9.99. The van der Waals surface area contributed by atoms with Crippen LogP contribution in [-0.2, 0) is 16.0 Å². The highest BCUT2D eigenvalue weighted by atomic mass is 16.6. The maximum absolute atomic E-state index is 11.4. The Balaban J connectivity index is 1.70. The number of hydrogen-bond acceptors (Lipinski definition) is 5. The summed E-state index contributed by atoms with van der Waals surface area (Å²) in [5.74, 6) is 1.58. The van der Waals surface area contributed by atoms with Gasteiger partial charge in [0.1, 0.15) is 5.82 Å². The molecule has 3 N–H and O–H groups in total. The standard InChI is InChI=1S/C19H30N4O3/c1-14(2)12-16-4-3-5-18(22-16)23-10-7-15(8-11-23)6-9-21-19(25)26-13-17(20)24/h3-5,14-15H,6-13H2,1-2H3,(H2,20,24)(H,21,25). The normalized spacial score (nSPS) is 15.1. The van der Waals surface area contributed by atoms with Crippen molar-refractivity contribution in [1.82, 2.24) is 10.3 Å². The molecule has 0 radical (unpaired) electrons. The number of amides is 2. The summed E-state index contributed by atoms with van der Waals surface area (Å²) < 4.78 is 4.67. The largest absolute Gasteiger partial charge is 0.439 e. The Hall–Kier alpha value is -2.31. The van der Waals surface area contributed by atoms with Crippen molar-refractivity contribution in [3.63, 3.8) is 0 Å². The van der Waals surface area contributed by atoms with Gasteiger partial charge in [0.15, 0.2) is 6.61 Å². The zero-order chi connectivity index (χ0) is 18.9. The predicted octanol–water partition coefficient (Wildman–Crippen LogP) is 2.10. The van der Waals surface area contributed by atoms with Crippen molar-refractivity contribution in [2.75, 3.05) is 31.1 Å². The average Bonchev–Trinajstić information content (AvgIpc) is 2.60. The molecule has 1 aromatic heterocycles. The Morgan fingerprint density at radius 3 is 2.73 bits per heavy atom. The smallest absolute Gasteiger partial charge is 0.407 e. The maximum atomic E-state index is 11.4. The van der Waals surface area contributed by atoms with Gasteiger partial charge in [0.2, 0.25) is 0 Å². The Kier molecular flexibility index (Phi) is 7.69. The number of rotatable bonds is 8. The first-order valence-corrected chi connectivity index (χ1v) is 9.34. The maximum Gasteiger partial charge on any atom is 0.407 e. The van der Waals surface area contributed by atoms with E-state index in [9.17, 15) is 9.59 Å². The molecule has 0 spiro atoms. The summed E-state index contributed by atoms with van der Waals surface area (Å²) in [6, 6.07) is 6.27. The third-order valence-electron chi connectivity index (χ3n) is 4.52. The van der Waals surface area contributed by atoms with E-state index >= 15 is 0 Å². The van der Waals surface area contributed by atoms with Crippen molar-refractivity contribution in [1.29, 1.82) is 0 Å². The summed E-state index contributed by atoms with van der Waals surface area (Å²) in [5, 5.41) is 2.66. The van der Waals surface area contributed by atoms with Crippen molar-refractivity contribution < 1.29 is 14.3 Å². The van der Waals surface area contributed by atoms with Gasteiger partial charge in [0.05, 0.1) is 0 Å². The minimum Gasteiger partial charge on any atom is -0.439 e. The third kappa shape index (κ3) is 6.90. The van der Waals surface area contributed by atoms with Crippen molar-refractivity contribution in [2.45, 2.75) is 39.5 Å². The Morgan fingerprint density at radius 1 is 1.35 bits per heavy atom. The first-order chi connectivity index (χ1) is 12.4. The minimum atomic E-state index is -0.654. The van der Waals surface area contributed by atoms with Crippen LogP contribution in [0.4, 0.5) is 10.6 Å². The van der Waals surface area contributed by atoms with E-state index in [1.165, 1.54) is 0 Å². The van der Waals surface area contributed by atoms with Crippen molar-refractivity contribution in [2.24, 2.45) is 17.6 Å². The summed E-state index contributed by atoms with van der Waals surface area (Å²) in [4.78, 5) is 29.1. The average molecular weight is 362 g/mol. The SMILES string of the molecule is CC(C)Cc1cccc(N2CCC(CCNC(=O)OCC(N)=O)CC2)n1. The van der Waals surface area contributed by atoms with E-state index in [0.29, 0.717) is 18.4 Å². The van der Waals surface area contributed by atoms with Gasteiger partial charge in [-0.15, -0.1) is 0 Å². The van der Waals surface area contributed by atoms with E-state index in [1.54, 1.807) is 0 Å². The number of nitrogens with one attached hydrogen (secondary N) is 1. The number of piperidine rings is 1. The lowest BCUT2D eigenvalue weighted by molar-refractivity contribution is -0.120. The minimum absolute atomic E-state index is 0.382. The highest BCUT2D eigenvalue weighted by molar-refractivity contribution is 5.78. The summed E-state index contributed by atoms with van der Waals surface area (Å²) in [7, 11) is 0. The van der Waals surface area contributed by atoms with Crippen molar-refractivity contribution >= 4 is 17.8 Å². The molecule has 1 aliphatic heterocycles. The van der Waals surface area contributed by atoms with Crippen molar-refractivity contribution in [3.8, 4) is 0 Å². The summed E-state index contributed by atoms with van der Waals surface area (Å²) >= 11 is 0. The van der Waals surface area contributed by atoms with Crippen LogP contribution in [-0.4, -0.2) is 43.2 Å². The number of hydrogen-bond donors (Lipinski definition) is 2. The van der Waals surface area contributed by atoms with Gasteiger partial charge >= 0.3 is 6.09 Å². The van der Waals surface area contributed by atoms with E-state index in [-0.39, 0.29) is 6.61 Å². The quantitative estimate of drug-likeness (QED) is 0.738. The van der Waals surface area contributed by atoms with Crippen molar-refractivity contribution in [3.05, 3.63) is 23.9 Å². The lowest BCUT2D eigenvalue weighted by Crippen LogP contribution is -2.36. The van der Waals surface area contributed by atoms with E-state index in [0.717, 1.165) is 50.3 Å². The molecule has 0 atom stereocenters. The molecule has 7 nitrogen and oxygen atoms in total. The molecule has 1 aromatic rings. The van der Waals surface area contributed by atoms with Gasteiger partial charge in [-0.1, -0.05) is 19.9 Å². The first kappa shape index (κ1) is 20.0. The number of anilines is 1. The van der Waals surface area contributed by atoms with Crippen LogP contribution in [0.2, 0.25) is 0 Å². The van der Waals surface area contributed by atoms with E-state index < -0.39 is 12.0 Å². The fraction of sp³-hybridized carbons (Fsp3) is 0.632. The molecule has 7 heteroatoms. The topological polar surface area (TPSA) is 97.5 Å². The van der Waals surface area contributed by atoms with E-state index in [1.807, 2.05) is 0 Å². The van der Waals surface area contributed by atoms with Gasteiger partial charge < -0.3 is 20.7 Å². The molecule has 2 amide bonds. The zero-order valence-corrected chi connectivity index (χ0v) is 15.7. The Labute approximate surface area is 155 Å². The van der Waals surface area contributed by atoms with Gasteiger partial charge in [-0.05, 0) is 49.7 Å². The highest BCUT2D eigenvalue weighted by Crippen LogP contribution is 2.24. The Bertz CT molecular complexity index is 598. The summed E-state index contributed by atoms with van der Waals surface area (Å²) in [6.07, 6.45) is 3.47. The van der Waals surface area contributed by atoms with Gasteiger partial charge in [-0.3, -0.25) is 4.79 Å². The molecule has 1 fully saturated rings. The molecule has 0 saturated carbocycles. The number of primary amides is 1. The van der Waals surface area contributed by atoms with Crippen LogP contribution in [0, 0.1) is 11.8 Å². The number of nitrogens with zero attached hydrogens (tertiary/aromatic N) is 2. The lowest BCUT2D eigenvalue weighted by atomic mass is 9.93. The molecule has 1 saturated heterocycles. The van der Waals surface area contributed by atoms with Crippen LogP contribution in [0.5, 0.6) is 0 Å². The number of carbonyl (C=O) groups is 2. The third-order valence-corrected chi connectivity index (χ3v) is 4.52. The summed E-state index contributed by atoms with van der Waals surface area (Å²) in [5.41, 5.74) is 6.08. The molecular formula is C19H30N4O3. The second-order valence-corrected chi connectivity index (χ2v) is 7.27. The molecule has 144 valence electrons. The Morgan fingerprint density at radius 2 is 2.08 bits per heavy atom. The van der Waals surface area contributed by atoms with Crippen LogP contribution in [0.15, 0.2) is 18.2 Å². The molecule has 2 heterocycles. The fourth-order valence-corrected chi connectivity index (χ4v) is 3.19. The fourth-order valence-electron chi connectivity index (χ4n) is 3.19. The molecular weight excluding hydrogens is 332 g/mol. The van der Waals surface area contributed by atoms with Crippen LogP contribution in [0.1, 0.15) is 38.8 Å². The van der Waals surface area contributed by atoms with Gasteiger partial charge in [0.25, 0.3) is 5.91 Å². The molecule has 1 aliphatic rings.